The molecule has 11 rings (SSSR count). The van der Waals surface area contributed by atoms with Gasteiger partial charge in [-0.25, -0.2) is 0 Å². The first-order valence-electron chi connectivity index (χ1n) is 18.7. The molecule has 1 heteroatoms. The van der Waals surface area contributed by atoms with Gasteiger partial charge in [0.2, 0.25) is 0 Å². The molecule has 250 valence electrons. The van der Waals surface area contributed by atoms with Crippen LogP contribution in [0.5, 0.6) is 0 Å². The van der Waals surface area contributed by atoms with Crippen molar-refractivity contribution in [3.05, 3.63) is 221 Å². The van der Waals surface area contributed by atoms with Crippen LogP contribution in [0.1, 0.15) is 47.2 Å². The molecule has 0 saturated carbocycles. The van der Waals surface area contributed by atoms with Crippen LogP contribution in [-0.2, 0) is 10.8 Å². The minimum absolute atomic E-state index is 0.0633. The minimum atomic E-state index is -0.416. The average Bonchev–Trinajstić information content (AvgIpc) is 3.77. The zero-order valence-corrected chi connectivity index (χ0v) is 29.8. The lowest BCUT2D eigenvalue weighted by atomic mass is 9.70. The van der Waals surface area contributed by atoms with Crippen molar-refractivity contribution in [1.82, 2.24) is 0 Å². The summed E-state index contributed by atoms with van der Waals surface area (Å²) in [4.78, 5) is 2.50. The highest BCUT2D eigenvalue weighted by Gasteiger charge is 2.51. The number of fused-ring (bicyclic) bond motifs is 13. The van der Waals surface area contributed by atoms with E-state index in [2.05, 4.69) is 207 Å². The SMILES string of the molecule is CC1(C)c2ccccc2-c2cc(N(c3ccc4c(c3)C3(c5ccccc5-c5ccccc53)c3ccccc3-4)c3ccccc3-c3ccccc3)ccc21. The minimum Gasteiger partial charge on any atom is -0.310 e. The van der Waals surface area contributed by atoms with Gasteiger partial charge in [0.05, 0.1) is 11.1 Å². The summed E-state index contributed by atoms with van der Waals surface area (Å²) in [6.45, 7) is 4.71. The van der Waals surface area contributed by atoms with Crippen LogP contribution < -0.4 is 4.90 Å². The third-order valence-corrected chi connectivity index (χ3v) is 12.3. The number of benzene rings is 8. The molecule has 0 aromatic heterocycles. The van der Waals surface area contributed by atoms with Crippen molar-refractivity contribution in [3.8, 4) is 44.5 Å². The molecule has 0 amide bonds. The molecule has 3 aliphatic carbocycles. The van der Waals surface area contributed by atoms with Gasteiger partial charge < -0.3 is 4.90 Å². The largest absolute Gasteiger partial charge is 0.310 e. The second kappa shape index (κ2) is 11.0. The summed E-state index contributed by atoms with van der Waals surface area (Å²) in [5.41, 5.74) is 21.4. The molecule has 0 radical (unpaired) electrons. The lowest BCUT2D eigenvalue weighted by Crippen LogP contribution is -2.26. The van der Waals surface area contributed by atoms with Crippen molar-refractivity contribution in [2.24, 2.45) is 0 Å². The van der Waals surface area contributed by atoms with Crippen molar-refractivity contribution in [2.75, 3.05) is 4.90 Å². The molecule has 1 nitrogen and oxygen atoms in total. The van der Waals surface area contributed by atoms with Crippen LogP contribution in [-0.4, -0.2) is 0 Å². The van der Waals surface area contributed by atoms with Gasteiger partial charge in [0.1, 0.15) is 0 Å². The smallest absolute Gasteiger partial charge is 0.0726 e. The Hall–Kier alpha value is -6.44. The first-order chi connectivity index (χ1) is 26.1. The van der Waals surface area contributed by atoms with Gasteiger partial charge in [-0.1, -0.05) is 172 Å². The molecule has 0 heterocycles. The fourth-order valence-corrected chi connectivity index (χ4v) is 10.0. The first kappa shape index (κ1) is 30.2. The van der Waals surface area contributed by atoms with Crippen molar-refractivity contribution in [1.29, 1.82) is 0 Å². The number of hydrogen-bond donors (Lipinski definition) is 0. The quantitative estimate of drug-likeness (QED) is 0.179. The Morgan fingerprint density at radius 1 is 0.321 bits per heavy atom. The molecule has 53 heavy (non-hydrogen) atoms. The first-order valence-corrected chi connectivity index (χ1v) is 18.7. The molecule has 0 aliphatic heterocycles. The summed E-state index contributed by atoms with van der Waals surface area (Å²) in [5.74, 6) is 0. The summed E-state index contributed by atoms with van der Waals surface area (Å²) < 4.78 is 0. The standard InChI is InChI=1S/C52H37N/c1-51(2)44-23-11-6-22-41(44)43-32-35(29-31-45(43)51)53(50-27-15-10-18-37(50)34-16-4-3-5-17-34)36-28-30-42-40-21-9-14-26-48(40)52(49(42)33-36)46-24-12-7-19-38(46)39-20-8-13-25-47(39)52/h3-33H,1-2H3. The van der Waals surface area contributed by atoms with E-state index in [0.717, 1.165) is 17.1 Å². The molecule has 0 atom stereocenters. The Bertz CT molecular complexity index is 2710. The highest BCUT2D eigenvalue weighted by Crippen LogP contribution is 2.63. The molecule has 8 aromatic rings. The van der Waals surface area contributed by atoms with E-state index in [1.807, 2.05) is 0 Å². The van der Waals surface area contributed by atoms with Crippen molar-refractivity contribution < 1.29 is 0 Å². The summed E-state index contributed by atoms with van der Waals surface area (Å²) >= 11 is 0. The van der Waals surface area contributed by atoms with Crippen molar-refractivity contribution in [3.63, 3.8) is 0 Å². The second-order valence-electron chi connectivity index (χ2n) is 15.2. The normalized spacial score (nSPS) is 14.5. The Balaban J connectivity index is 1.20. The third-order valence-electron chi connectivity index (χ3n) is 12.3. The van der Waals surface area contributed by atoms with Gasteiger partial charge in [0.25, 0.3) is 0 Å². The van der Waals surface area contributed by atoms with Gasteiger partial charge in [-0.3, -0.25) is 0 Å². The summed E-state index contributed by atoms with van der Waals surface area (Å²) in [6.07, 6.45) is 0. The molecule has 8 aromatic carbocycles. The fourth-order valence-electron chi connectivity index (χ4n) is 10.0. The van der Waals surface area contributed by atoms with Gasteiger partial charge in [-0.2, -0.15) is 0 Å². The lowest BCUT2D eigenvalue weighted by molar-refractivity contribution is 0.660. The van der Waals surface area contributed by atoms with Crippen LogP contribution in [0, 0.1) is 0 Å². The Labute approximate surface area is 311 Å². The summed E-state index contributed by atoms with van der Waals surface area (Å²) in [6, 6.07) is 70.2. The monoisotopic (exact) mass is 675 g/mol. The maximum Gasteiger partial charge on any atom is 0.0726 e. The molecular weight excluding hydrogens is 639 g/mol. The fraction of sp³-hybridized carbons (Fsp3) is 0.0769. The van der Waals surface area contributed by atoms with Crippen LogP contribution in [0.4, 0.5) is 17.1 Å². The Morgan fingerprint density at radius 3 is 1.38 bits per heavy atom. The predicted molar refractivity (Wildman–Crippen MR) is 220 cm³/mol. The lowest BCUT2D eigenvalue weighted by Gasteiger charge is -2.33. The average molecular weight is 676 g/mol. The van der Waals surface area contributed by atoms with Crippen LogP contribution in [0.3, 0.4) is 0 Å². The summed E-state index contributed by atoms with van der Waals surface area (Å²) in [7, 11) is 0. The predicted octanol–water partition coefficient (Wildman–Crippen LogP) is 13.5. The van der Waals surface area contributed by atoms with E-state index < -0.39 is 5.41 Å². The zero-order valence-electron chi connectivity index (χ0n) is 29.8. The molecule has 0 bridgehead atoms. The van der Waals surface area contributed by atoms with E-state index in [-0.39, 0.29) is 5.41 Å². The number of para-hydroxylation sites is 1. The molecular formula is C52H37N. The van der Waals surface area contributed by atoms with E-state index >= 15 is 0 Å². The van der Waals surface area contributed by atoms with Gasteiger partial charge in [-0.15, -0.1) is 0 Å². The van der Waals surface area contributed by atoms with Crippen molar-refractivity contribution >= 4 is 17.1 Å². The molecule has 0 fully saturated rings. The van der Waals surface area contributed by atoms with Gasteiger partial charge in [-0.05, 0) is 103 Å². The second-order valence-corrected chi connectivity index (χ2v) is 15.2. The van der Waals surface area contributed by atoms with E-state index in [1.54, 1.807) is 0 Å². The van der Waals surface area contributed by atoms with E-state index in [9.17, 15) is 0 Å². The maximum atomic E-state index is 2.50. The number of nitrogens with zero attached hydrogens (tertiary/aromatic N) is 1. The van der Waals surface area contributed by atoms with Crippen molar-refractivity contribution in [2.45, 2.75) is 24.7 Å². The molecule has 3 aliphatic rings. The van der Waals surface area contributed by atoms with Crippen LogP contribution in [0.15, 0.2) is 188 Å². The third kappa shape index (κ3) is 4.02. The van der Waals surface area contributed by atoms with Gasteiger partial charge in [0, 0.05) is 22.4 Å². The van der Waals surface area contributed by atoms with Gasteiger partial charge >= 0.3 is 0 Å². The van der Waals surface area contributed by atoms with Crippen LogP contribution in [0.2, 0.25) is 0 Å². The number of anilines is 3. The molecule has 0 unspecified atom stereocenters. The topological polar surface area (TPSA) is 3.24 Å². The van der Waals surface area contributed by atoms with E-state index in [1.165, 1.54) is 77.9 Å². The van der Waals surface area contributed by atoms with E-state index in [0.29, 0.717) is 0 Å². The van der Waals surface area contributed by atoms with Crippen LogP contribution >= 0.6 is 0 Å². The van der Waals surface area contributed by atoms with Crippen LogP contribution in [0.25, 0.3) is 44.5 Å². The molecule has 1 spiro atoms. The number of hydrogen-bond acceptors (Lipinski definition) is 1. The Kier molecular flexibility index (Phi) is 6.29. The van der Waals surface area contributed by atoms with E-state index in [4.69, 9.17) is 0 Å². The zero-order chi connectivity index (χ0) is 35.3. The summed E-state index contributed by atoms with van der Waals surface area (Å²) in [5, 5.41) is 0. The molecule has 0 saturated heterocycles. The number of rotatable bonds is 4. The highest BCUT2D eigenvalue weighted by atomic mass is 15.1. The highest BCUT2D eigenvalue weighted by molar-refractivity contribution is 5.97. The maximum absolute atomic E-state index is 2.50. The molecule has 0 N–H and O–H groups in total. The van der Waals surface area contributed by atoms with Gasteiger partial charge in [0.15, 0.2) is 0 Å². The Morgan fingerprint density at radius 2 is 0.755 bits per heavy atom.